The first-order valence-corrected chi connectivity index (χ1v) is 11.2. The molecule has 1 aromatic heterocycles. The van der Waals surface area contributed by atoms with E-state index in [9.17, 15) is 0 Å². The van der Waals surface area contributed by atoms with Crippen LogP contribution in [0, 0.1) is 0 Å². The van der Waals surface area contributed by atoms with Gasteiger partial charge >= 0.3 is 0 Å². The summed E-state index contributed by atoms with van der Waals surface area (Å²) >= 11 is 5.09. The summed E-state index contributed by atoms with van der Waals surface area (Å²) in [4.78, 5) is 4.57. The van der Waals surface area contributed by atoms with Crippen molar-refractivity contribution in [1.82, 2.24) is 4.98 Å². The zero-order valence-electron chi connectivity index (χ0n) is 16.8. The highest BCUT2D eigenvalue weighted by Crippen LogP contribution is 2.37. The Morgan fingerprint density at radius 3 is 2.55 bits per heavy atom. The molecule has 0 aliphatic carbocycles. The average Bonchev–Trinajstić information content (AvgIpc) is 3.28. The fourth-order valence-corrected chi connectivity index (χ4v) is 4.16. The van der Waals surface area contributed by atoms with Gasteiger partial charge in [0.2, 0.25) is 5.13 Å². The van der Waals surface area contributed by atoms with Gasteiger partial charge in [-0.3, -0.25) is 5.43 Å². The molecule has 0 aliphatic heterocycles. The molecule has 0 spiro atoms. The molecule has 1 N–H and O–H groups in total. The molecule has 0 aliphatic rings. The smallest absolute Gasteiger partial charge is 0.203 e. The molecule has 7 heteroatoms. The highest BCUT2D eigenvalue weighted by Gasteiger charge is 2.11. The molecule has 3 aromatic carbocycles. The summed E-state index contributed by atoms with van der Waals surface area (Å²) in [6.07, 6.45) is 1.72. The van der Waals surface area contributed by atoms with E-state index in [0.29, 0.717) is 18.1 Å². The molecular weight excluding hydrogens is 474 g/mol. The number of hydrogen-bond donors (Lipinski definition) is 1. The van der Waals surface area contributed by atoms with Gasteiger partial charge in [-0.25, -0.2) is 4.98 Å². The van der Waals surface area contributed by atoms with E-state index in [0.717, 1.165) is 32.0 Å². The van der Waals surface area contributed by atoms with Gasteiger partial charge in [0.25, 0.3) is 0 Å². The molecule has 0 fully saturated rings. The average molecular weight is 494 g/mol. The zero-order valence-corrected chi connectivity index (χ0v) is 19.2. The third kappa shape index (κ3) is 5.51. The lowest BCUT2D eigenvalue weighted by molar-refractivity contribution is 0.282. The molecule has 0 bridgehead atoms. The maximum atomic E-state index is 5.98. The number of rotatable bonds is 8. The van der Waals surface area contributed by atoms with E-state index in [2.05, 4.69) is 31.4 Å². The van der Waals surface area contributed by atoms with Crippen molar-refractivity contribution in [3.05, 3.63) is 93.8 Å². The van der Waals surface area contributed by atoms with E-state index in [1.165, 1.54) is 11.3 Å². The molecule has 5 nitrogen and oxygen atoms in total. The minimum Gasteiger partial charge on any atom is -0.493 e. The fraction of sp³-hybridized carbons (Fsp3) is 0.0833. The zero-order chi connectivity index (χ0) is 21.5. The standard InChI is InChI=1S/C24H20BrN3O2S/c1-29-22-13-18(12-20(25)23(22)30-15-17-8-4-2-5-9-17)14-26-28-24-27-21(16-31-24)19-10-6-3-7-11-19/h2-14,16H,15H2,1H3,(H,27,28). The molecule has 0 radical (unpaired) electrons. The first-order chi connectivity index (χ1) is 15.2. The molecule has 1 heterocycles. The minimum absolute atomic E-state index is 0.457. The van der Waals surface area contributed by atoms with Gasteiger partial charge in [-0.2, -0.15) is 5.10 Å². The van der Waals surface area contributed by atoms with E-state index in [1.807, 2.05) is 78.2 Å². The van der Waals surface area contributed by atoms with Gasteiger partial charge in [0.15, 0.2) is 11.5 Å². The number of ether oxygens (including phenoxy) is 2. The summed E-state index contributed by atoms with van der Waals surface area (Å²) in [7, 11) is 1.62. The van der Waals surface area contributed by atoms with Gasteiger partial charge in [-0.15, -0.1) is 11.3 Å². The molecular formula is C24H20BrN3O2S. The number of hydrazone groups is 1. The quantitative estimate of drug-likeness (QED) is 0.221. The van der Waals surface area contributed by atoms with Crippen LogP contribution in [0.4, 0.5) is 5.13 Å². The van der Waals surface area contributed by atoms with E-state index >= 15 is 0 Å². The van der Waals surface area contributed by atoms with Crippen LogP contribution in [0.2, 0.25) is 0 Å². The molecule has 4 aromatic rings. The van der Waals surface area contributed by atoms with E-state index in [4.69, 9.17) is 9.47 Å². The molecule has 0 atom stereocenters. The maximum Gasteiger partial charge on any atom is 0.203 e. The third-order valence-corrected chi connectivity index (χ3v) is 5.76. The lowest BCUT2D eigenvalue weighted by atomic mass is 10.2. The van der Waals surface area contributed by atoms with Crippen molar-refractivity contribution in [3.63, 3.8) is 0 Å². The van der Waals surface area contributed by atoms with Crippen LogP contribution in [0.3, 0.4) is 0 Å². The van der Waals surface area contributed by atoms with Crippen LogP contribution in [0.15, 0.2) is 87.8 Å². The van der Waals surface area contributed by atoms with Crippen LogP contribution in [-0.2, 0) is 6.61 Å². The van der Waals surface area contributed by atoms with Crippen molar-refractivity contribution in [1.29, 1.82) is 0 Å². The summed E-state index contributed by atoms with van der Waals surface area (Å²) in [5.41, 5.74) is 6.95. The Balaban J connectivity index is 1.43. The molecule has 0 saturated heterocycles. The Kier molecular flexibility index (Phi) is 6.96. The second-order valence-electron chi connectivity index (χ2n) is 6.58. The normalized spacial score (nSPS) is 10.9. The topological polar surface area (TPSA) is 55.7 Å². The number of benzene rings is 3. The summed E-state index contributed by atoms with van der Waals surface area (Å²) in [5.74, 6) is 1.29. The summed E-state index contributed by atoms with van der Waals surface area (Å²) < 4.78 is 12.3. The first-order valence-electron chi connectivity index (χ1n) is 9.57. The van der Waals surface area contributed by atoms with Crippen LogP contribution >= 0.6 is 27.3 Å². The van der Waals surface area contributed by atoms with Crippen LogP contribution < -0.4 is 14.9 Å². The fourth-order valence-electron chi connectivity index (χ4n) is 2.91. The highest BCUT2D eigenvalue weighted by molar-refractivity contribution is 9.10. The number of nitrogens with zero attached hydrogens (tertiary/aromatic N) is 2. The number of anilines is 1. The van der Waals surface area contributed by atoms with Gasteiger partial charge in [0.05, 0.1) is 23.5 Å². The van der Waals surface area contributed by atoms with Gasteiger partial charge in [0, 0.05) is 10.9 Å². The lowest BCUT2D eigenvalue weighted by Gasteiger charge is -2.13. The van der Waals surface area contributed by atoms with Crippen LogP contribution in [0.25, 0.3) is 11.3 Å². The number of hydrogen-bond acceptors (Lipinski definition) is 6. The van der Waals surface area contributed by atoms with Crippen molar-refractivity contribution >= 4 is 38.6 Å². The van der Waals surface area contributed by atoms with E-state index < -0.39 is 0 Å². The predicted octanol–water partition coefficient (Wildman–Crippen LogP) is 6.61. The van der Waals surface area contributed by atoms with Gasteiger partial charge < -0.3 is 9.47 Å². The van der Waals surface area contributed by atoms with Crippen molar-refractivity contribution in [2.75, 3.05) is 12.5 Å². The van der Waals surface area contributed by atoms with Gasteiger partial charge in [0.1, 0.15) is 6.61 Å². The molecule has 31 heavy (non-hydrogen) atoms. The number of thiazole rings is 1. The van der Waals surface area contributed by atoms with Gasteiger partial charge in [-0.05, 0) is 39.2 Å². The molecule has 0 unspecified atom stereocenters. The summed E-state index contributed by atoms with van der Waals surface area (Å²) in [6, 6.07) is 23.9. The minimum atomic E-state index is 0.457. The lowest BCUT2D eigenvalue weighted by Crippen LogP contribution is -2.00. The van der Waals surface area contributed by atoms with Crippen LogP contribution in [0.5, 0.6) is 11.5 Å². The molecule has 0 amide bonds. The third-order valence-electron chi connectivity index (χ3n) is 4.43. The van der Waals surface area contributed by atoms with Crippen molar-refractivity contribution in [2.45, 2.75) is 6.61 Å². The van der Waals surface area contributed by atoms with Crippen molar-refractivity contribution < 1.29 is 9.47 Å². The Morgan fingerprint density at radius 1 is 1.06 bits per heavy atom. The number of aromatic nitrogens is 1. The largest absolute Gasteiger partial charge is 0.493 e. The Hall–Kier alpha value is -3.16. The van der Waals surface area contributed by atoms with Crippen molar-refractivity contribution in [3.8, 4) is 22.8 Å². The number of halogens is 1. The molecule has 156 valence electrons. The number of nitrogens with one attached hydrogen (secondary N) is 1. The Morgan fingerprint density at radius 2 is 1.81 bits per heavy atom. The Bertz CT molecular complexity index is 1160. The monoisotopic (exact) mass is 493 g/mol. The van der Waals surface area contributed by atoms with Crippen LogP contribution in [-0.4, -0.2) is 18.3 Å². The van der Waals surface area contributed by atoms with Crippen molar-refractivity contribution in [2.24, 2.45) is 5.10 Å². The van der Waals surface area contributed by atoms with Gasteiger partial charge in [-0.1, -0.05) is 60.7 Å². The molecule has 0 saturated carbocycles. The second kappa shape index (κ2) is 10.2. The highest BCUT2D eigenvalue weighted by atomic mass is 79.9. The number of methoxy groups -OCH3 is 1. The van der Waals surface area contributed by atoms with E-state index in [1.54, 1.807) is 13.3 Å². The van der Waals surface area contributed by atoms with E-state index in [-0.39, 0.29) is 0 Å². The second-order valence-corrected chi connectivity index (χ2v) is 8.29. The maximum absolute atomic E-state index is 5.98. The first kappa shape index (κ1) is 21.1. The molecule has 4 rings (SSSR count). The SMILES string of the molecule is COc1cc(C=NNc2nc(-c3ccccc3)cs2)cc(Br)c1OCc1ccccc1. The predicted molar refractivity (Wildman–Crippen MR) is 130 cm³/mol. The summed E-state index contributed by atoms with van der Waals surface area (Å²) in [5, 5.41) is 7.05. The Labute approximate surface area is 193 Å². The van der Waals surface area contributed by atoms with Crippen LogP contribution in [0.1, 0.15) is 11.1 Å². The summed E-state index contributed by atoms with van der Waals surface area (Å²) in [6.45, 7) is 0.457.